The molecule has 2 rings (SSSR count). The van der Waals surface area contributed by atoms with Crippen molar-refractivity contribution in [1.82, 2.24) is 0 Å². The summed E-state index contributed by atoms with van der Waals surface area (Å²) in [6.45, 7) is 2.90. The van der Waals surface area contributed by atoms with Gasteiger partial charge < -0.3 is 9.47 Å². The summed E-state index contributed by atoms with van der Waals surface area (Å²) < 4.78 is 31.4. The average molecular weight is 334 g/mol. The van der Waals surface area contributed by atoms with Crippen molar-refractivity contribution in [1.29, 1.82) is 0 Å². The second-order valence-corrected chi connectivity index (χ2v) is 6.29. The van der Waals surface area contributed by atoms with Gasteiger partial charge in [0, 0.05) is 6.42 Å². The molecule has 14 heavy (non-hydrogen) atoms. The summed E-state index contributed by atoms with van der Waals surface area (Å²) in [5.74, 6) is 0. The Bertz CT molecular complexity index is 258. The van der Waals surface area contributed by atoms with E-state index in [2.05, 4.69) is 22.6 Å². The summed E-state index contributed by atoms with van der Waals surface area (Å²) in [7, 11) is 0. The van der Waals surface area contributed by atoms with E-state index in [1.165, 1.54) is 0 Å². The van der Waals surface area contributed by atoms with Gasteiger partial charge in [-0.15, -0.1) is 0 Å². The highest BCUT2D eigenvalue weighted by atomic mass is 127. The lowest BCUT2D eigenvalue weighted by molar-refractivity contribution is -0.103. The average Bonchev–Trinajstić information content (AvgIpc) is 2.27. The van der Waals surface area contributed by atoms with E-state index in [0.717, 1.165) is 0 Å². The van der Waals surface area contributed by atoms with Gasteiger partial charge in [-0.1, -0.05) is 0 Å². The van der Waals surface area contributed by atoms with E-state index < -0.39 is 20.8 Å². The van der Waals surface area contributed by atoms with Crippen LogP contribution in [0, 0.1) is 0 Å². The normalized spacial score (nSPS) is 49.4. The molecule has 3 atom stereocenters. The van der Waals surface area contributed by atoms with Gasteiger partial charge in [-0.3, -0.25) is 8.37 Å². The van der Waals surface area contributed by atoms with Gasteiger partial charge in [0.05, 0.1) is 19.8 Å². The zero-order valence-electron chi connectivity index (χ0n) is 7.66. The molecule has 2 saturated heterocycles. The van der Waals surface area contributed by atoms with Gasteiger partial charge >= 0.3 is 11.4 Å². The maximum atomic E-state index is 11.0. The van der Waals surface area contributed by atoms with Crippen LogP contribution in [-0.4, -0.2) is 33.4 Å². The van der Waals surface area contributed by atoms with Gasteiger partial charge in [0.1, 0.15) is 5.60 Å². The summed E-state index contributed by atoms with van der Waals surface area (Å²) >= 11 is 0.437. The summed E-state index contributed by atoms with van der Waals surface area (Å²) in [6, 6.07) is 0. The number of rotatable bonds is 0. The SMILES string of the molecule is CC1(I)OCC2(CCOS(=O)OC2)O1. The summed E-state index contributed by atoms with van der Waals surface area (Å²) in [4.78, 5) is 0. The second kappa shape index (κ2) is 3.95. The van der Waals surface area contributed by atoms with Crippen molar-refractivity contribution in [2.45, 2.75) is 22.7 Å². The van der Waals surface area contributed by atoms with Crippen LogP contribution in [0.4, 0.5) is 0 Å². The Morgan fingerprint density at radius 1 is 1.36 bits per heavy atom. The van der Waals surface area contributed by atoms with Crippen LogP contribution in [0.1, 0.15) is 13.3 Å². The minimum Gasteiger partial charge on any atom is -0.339 e. The number of halogens is 1. The Labute approximate surface area is 98.4 Å². The molecule has 0 N–H and O–H groups in total. The standard InChI is InChI=1S/C7H11IO5S/c1-6(8)10-4-7(13-6)2-3-11-14(9)12-5-7/h2-5H2,1H3. The fourth-order valence-corrected chi connectivity index (χ4v) is 2.68. The molecule has 0 bridgehead atoms. The highest BCUT2D eigenvalue weighted by molar-refractivity contribution is 14.1. The molecule has 7 heteroatoms. The van der Waals surface area contributed by atoms with E-state index in [1.807, 2.05) is 6.92 Å². The van der Waals surface area contributed by atoms with Crippen LogP contribution in [0.5, 0.6) is 0 Å². The van der Waals surface area contributed by atoms with E-state index in [4.69, 9.17) is 17.8 Å². The molecule has 0 aliphatic carbocycles. The largest absolute Gasteiger partial charge is 0.339 e. The Hall–Kier alpha value is 0.720. The Morgan fingerprint density at radius 3 is 2.79 bits per heavy atom. The lowest BCUT2D eigenvalue weighted by atomic mass is 10.0. The fourth-order valence-electron chi connectivity index (χ4n) is 1.46. The van der Waals surface area contributed by atoms with Gasteiger partial charge in [0.25, 0.3) is 0 Å². The van der Waals surface area contributed by atoms with Crippen molar-refractivity contribution < 1.29 is 22.0 Å². The quantitative estimate of drug-likeness (QED) is 0.487. The first kappa shape index (κ1) is 11.2. The topological polar surface area (TPSA) is 54.0 Å². The zero-order chi connectivity index (χ0) is 10.2. The third kappa shape index (κ3) is 2.45. The minimum absolute atomic E-state index is 0.248. The van der Waals surface area contributed by atoms with Gasteiger partial charge in [-0.25, -0.2) is 0 Å². The van der Waals surface area contributed by atoms with Crippen LogP contribution in [0.3, 0.4) is 0 Å². The van der Waals surface area contributed by atoms with Crippen molar-refractivity contribution in [3.05, 3.63) is 0 Å². The molecule has 82 valence electrons. The van der Waals surface area contributed by atoms with E-state index in [-0.39, 0.29) is 6.61 Å². The molecular formula is C7H11IO5S. The predicted octanol–water partition coefficient (Wildman–Crippen LogP) is 0.896. The summed E-state index contributed by atoms with van der Waals surface area (Å²) in [5, 5.41) is 0. The molecular weight excluding hydrogens is 323 g/mol. The Balaban J connectivity index is 2.06. The fraction of sp³-hybridized carbons (Fsp3) is 1.00. The molecule has 0 aromatic rings. The third-order valence-corrected chi connectivity index (χ3v) is 3.35. The molecule has 5 nitrogen and oxygen atoms in total. The van der Waals surface area contributed by atoms with Gasteiger partial charge in [-0.2, -0.15) is 4.21 Å². The predicted molar refractivity (Wildman–Crippen MR) is 56.9 cm³/mol. The maximum absolute atomic E-state index is 11.0. The molecule has 2 aliphatic rings. The Kier molecular flexibility index (Phi) is 3.16. The molecule has 0 aromatic heterocycles. The van der Waals surface area contributed by atoms with Crippen LogP contribution in [0.25, 0.3) is 0 Å². The van der Waals surface area contributed by atoms with E-state index in [1.54, 1.807) is 0 Å². The number of ether oxygens (including phenoxy) is 2. The van der Waals surface area contributed by atoms with Crippen LogP contribution < -0.4 is 0 Å². The molecule has 0 amide bonds. The van der Waals surface area contributed by atoms with Crippen molar-refractivity contribution >= 4 is 34.0 Å². The van der Waals surface area contributed by atoms with Crippen molar-refractivity contribution in [2.24, 2.45) is 0 Å². The van der Waals surface area contributed by atoms with E-state index >= 15 is 0 Å². The zero-order valence-corrected chi connectivity index (χ0v) is 10.6. The van der Waals surface area contributed by atoms with Crippen LogP contribution in [0.2, 0.25) is 0 Å². The van der Waals surface area contributed by atoms with Gasteiger partial charge in [0.15, 0.2) is 0 Å². The first-order valence-corrected chi connectivity index (χ1v) is 6.31. The maximum Gasteiger partial charge on any atom is 0.304 e. The molecule has 2 heterocycles. The number of hydrogen-bond donors (Lipinski definition) is 0. The minimum atomic E-state index is -1.64. The van der Waals surface area contributed by atoms with Crippen molar-refractivity contribution in [3.8, 4) is 0 Å². The second-order valence-electron chi connectivity index (χ2n) is 3.45. The van der Waals surface area contributed by atoms with E-state index in [0.29, 0.717) is 19.6 Å². The first-order chi connectivity index (χ1) is 6.52. The van der Waals surface area contributed by atoms with Gasteiger partial charge in [0.2, 0.25) is 3.79 Å². The molecule has 3 unspecified atom stereocenters. The highest BCUT2D eigenvalue weighted by Crippen LogP contribution is 2.39. The molecule has 0 radical (unpaired) electrons. The molecule has 0 aromatic carbocycles. The lowest BCUT2D eigenvalue weighted by Gasteiger charge is -2.24. The molecule has 0 saturated carbocycles. The smallest absolute Gasteiger partial charge is 0.304 e. The third-order valence-electron chi connectivity index (χ3n) is 2.15. The number of hydrogen-bond acceptors (Lipinski definition) is 5. The van der Waals surface area contributed by atoms with Crippen LogP contribution in [-0.2, 0) is 29.2 Å². The summed E-state index contributed by atoms with van der Waals surface area (Å²) in [5.41, 5.74) is -0.498. The van der Waals surface area contributed by atoms with Crippen LogP contribution in [0.15, 0.2) is 0 Å². The lowest BCUT2D eigenvalue weighted by Crippen LogP contribution is -2.38. The number of alkyl halides is 1. The van der Waals surface area contributed by atoms with Gasteiger partial charge in [-0.05, 0) is 29.5 Å². The highest BCUT2D eigenvalue weighted by Gasteiger charge is 2.48. The summed E-state index contributed by atoms with van der Waals surface area (Å²) in [6.07, 6.45) is 0.636. The molecule has 2 fully saturated rings. The molecule has 1 spiro atoms. The monoisotopic (exact) mass is 334 g/mol. The first-order valence-electron chi connectivity index (χ1n) is 4.23. The van der Waals surface area contributed by atoms with Crippen LogP contribution >= 0.6 is 22.6 Å². The Morgan fingerprint density at radius 2 is 2.14 bits per heavy atom. The van der Waals surface area contributed by atoms with Crippen molar-refractivity contribution in [3.63, 3.8) is 0 Å². The molecule has 2 aliphatic heterocycles. The van der Waals surface area contributed by atoms with Crippen molar-refractivity contribution in [2.75, 3.05) is 19.8 Å². The van der Waals surface area contributed by atoms with E-state index in [9.17, 15) is 4.21 Å².